The van der Waals surface area contributed by atoms with Crippen LogP contribution in [-0.4, -0.2) is 58.3 Å². The molecule has 0 amide bonds. The zero-order chi connectivity index (χ0) is 37.1. The first-order valence-corrected chi connectivity index (χ1v) is 21.1. The summed E-state index contributed by atoms with van der Waals surface area (Å²) >= 11 is 0. The molecule has 0 unspecified atom stereocenters. The zero-order valence-corrected chi connectivity index (χ0v) is 32.8. The molecule has 4 aromatic carbocycles. The van der Waals surface area contributed by atoms with Gasteiger partial charge in [-0.15, -0.1) is 6.58 Å². The predicted octanol–water partition coefficient (Wildman–Crippen LogP) is 7.33. The van der Waals surface area contributed by atoms with Crippen LogP contribution >= 0.6 is 0 Å². The molecule has 0 radical (unpaired) electrons. The van der Waals surface area contributed by atoms with Crippen LogP contribution in [0.4, 0.5) is 0 Å². The molecule has 0 aliphatic carbocycles. The molecule has 3 atom stereocenters. The molecule has 0 aromatic heterocycles. The summed E-state index contributed by atoms with van der Waals surface area (Å²) in [6, 6.07) is 35.6. The van der Waals surface area contributed by atoms with Gasteiger partial charge < -0.3 is 19.0 Å². The molecule has 0 saturated carbocycles. The number of sulfonamides is 1. The summed E-state index contributed by atoms with van der Waals surface area (Å²) in [5, 5.41) is 12.9. The Morgan fingerprint density at radius 2 is 1.24 bits per heavy atom. The van der Waals surface area contributed by atoms with Gasteiger partial charge in [0.2, 0.25) is 10.0 Å². The highest BCUT2D eigenvalue weighted by atomic mass is 32.2. The third-order valence-electron chi connectivity index (χ3n) is 9.64. The van der Waals surface area contributed by atoms with Crippen molar-refractivity contribution in [3.8, 4) is 11.5 Å². The standard InChI is InChI=1S/C42H55NO6SSi/c1-8-15-33(2)41(50(45,46)43(31-34-20-24-37(47-6)25-21-34)32-35-22-26-38(48-7)27-23-35)30-36(44)28-29-49-51(42(3,4)5,39-16-11-9-12-17-39)40-18-13-10-14-19-40/h8-14,16-27,33,36,41,44H,1,15,28-32H2,2-7H3/t33-,36-,41-/m0/s1. The Balaban J connectivity index is 1.62. The third kappa shape index (κ3) is 9.99. The van der Waals surface area contributed by atoms with Crippen molar-refractivity contribution in [2.24, 2.45) is 5.92 Å². The predicted molar refractivity (Wildman–Crippen MR) is 211 cm³/mol. The molecule has 51 heavy (non-hydrogen) atoms. The first-order valence-electron chi connectivity index (χ1n) is 17.6. The summed E-state index contributed by atoms with van der Waals surface area (Å²) < 4.78 is 48.8. The highest BCUT2D eigenvalue weighted by molar-refractivity contribution is 7.89. The van der Waals surface area contributed by atoms with E-state index in [0.717, 1.165) is 21.5 Å². The van der Waals surface area contributed by atoms with Crippen molar-refractivity contribution in [2.75, 3.05) is 20.8 Å². The molecular weight excluding hydrogens is 675 g/mol. The molecule has 0 aliphatic heterocycles. The van der Waals surface area contributed by atoms with Crippen molar-refractivity contribution in [1.29, 1.82) is 0 Å². The number of ether oxygens (including phenoxy) is 2. The average Bonchev–Trinajstić information content (AvgIpc) is 3.13. The Labute approximate surface area is 307 Å². The Morgan fingerprint density at radius 1 is 0.784 bits per heavy atom. The van der Waals surface area contributed by atoms with Gasteiger partial charge in [-0.25, -0.2) is 8.42 Å². The van der Waals surface area contributed by atoms with Crippen LogP contribution in [0.25, 0.3) is 0 Å². The second-order valence-electron chi connectivity index (χ2n) is 14.2. The molecule has 9 heteroatoms. The number of allylic oxidation sites excluding steroid dienone is 1. The van der Waals surface area contributed by atoms with Crippen molar-refractivity contribution >= 4 is 28.7 Å². The monoisotopic (exact) mass is 729 g/mol. The lowest BCUT2D eigenvalue weighted by Gasteiger charge is -2.43. The molecule has 7 nitrogen and oxygen atoms in total. The number of aliphatic hydroxyl groups excluding tert-OH is 1. The largest absolute Gasteiger partial charge is 0.497 e. The van der Waals surface area contributed by atoms with Crippen molar-refractivity contribution < 1.29 is 27.4 Å². The van der Waals surface area contributed by atoms with E-state index in [1.807, 2.05) is 91.9 Å². The summed E-state index contributed by atoms with van der Waals surface area (Å²) in [7, 11) is -3.55. The molecule has 1 N–H and O–H groups in total. The van der Waals surface area contributed by atoms with Gasteiger partial charge in [-0.1, -0.05) is 119 Å². The lowest BCUT2D eigenvalue weighted by molar-refractivity contribution is 0.122. The fraction of sp³-hybridized carbons (Fsp3) is 0.381. The molecular formula is C42H55NO6SSi. The lowest BCUT2D eigenvalue weighted by Crippen LogP contribution is -2.66. The van der Waals surface area contributed by atoms with E-state index in [2.05, 4.69) is 51.6 Å². The molecule has 0 spiro atoms. The van der Waals surface area contributed by atoms with Crippen LogP contribution in [0, 0.1) is 5.92 Å². The van der Waals surface area contributed by atoms with Crippen molar-refractivity contribution in [1.82, 2.24) is 4.31 Å². The van der Waals surface area contributed by atoms with Gasteiger partial charge in [0.05, 0.1) is 25.6 Å². The summed E-state index contributed by atoms with van der Waals surface area (Å²) in [5.74, 6) is 1.11. The fourth-order valence-corrected chi connectivity index (χ4v) is 13.6. The molecule has 0 bridgehead atoms. The Hall–Kier alpha value is -3.73. The summed E-state index contributed by atoms with van der Waals surface area (Å²) in [6.45, 7) is 13.1. The Morgan fingerprint density at radius 3 is 1.63 bits per heavy atom. The van der Waals surface area contributed by atoms with E-state index in [9.17, 15) is 13.5 Å². The number of hydrogen-bond acceptors (Lipinski definition) is 6. The number of aliphatic hydroxyl groups is 1. The molecule has 0 saturated heterocycles. The minimum Gasteiger partial charge on any atom is -0.497 e. The highest BCUT2D eigenvalue weighted by Gasteiger charge is 2.50. The van der Waals surface area contributed by atoms with Gasteiger partial charge in [0.15, 0.2) is 0 Å². The zero-order valence-electron chi connectivity index (χ0n) is 31.0. The van der Waals surface area contributed by atoms with Gasteiger partial charge in [0.1, 0.15) is 11.5 Å². The van der Waals surface area contributed by atoms with Gasteiger partial charge in [-0.05, 0) is 76.0 Å². The van der Waals surface area contributed by atoms with Crippen LogP contribution in [0.15, 0.2) is 122 Å². The molecule has 274 valence electrons. The summed E-state index contributed by atoms with van der Waals surface area (Å²) in [6.07, 6.45) is 1.72. The van der Waals surface area contributed by atoms with Crippen molar-refractivity contribution in [3.05, 3.63) is 133 Å². The van der Waals surface area contributed by atoms with Crippen LogP contribution in [0.3, 0.4) is 0 Å². The van der Waals surface area contributed by atoms with E-state index in [4.69, 9.17) is 13.9 Å². The third-order valence-corrected chi connectivity index (χ3v) is 17.1. The van der Waals surface area contributed by atoms with E-state index in [-0.39, 0.29) is 30.5 Å². The van der Waals surface area contributed by atoms with Gasteiger partial charge in [-0.2, -0.15) is 4.31 Å². The lowest BCUT2D eigenvalue weighted by atomic mass is 9.98. The summed E-state index contributed by atoms with van der Waals surface area (Å²) in [5.41, 5.74) is 1.67. The fourth-order valence-electron chi connectivity index (χ4n) is 6.85. The van der Waals surface area contributed by atoms with E-state index in [1.54, 1.807) is 20.3 Å². The van der Waals surface area contributed by atoms with Crippen LogP contribution in [0.2, 0.25) is 5.04 Å². The van der Waals surface area contributed by atoms with Gasteiger partial charge in [-0.3, -0.25) is 0 Å². The molecule has 0 heterocycles. The maximum Gasteiger partial charge on any atom is 0.261 e. The second kappa shape index (κ2) is 18.2. The highest BCUT2D eigenvalue weighted by Crippen LogP contribution is 2.37. The van der Waals surface area contributed by atoms with Crippen LogP contribution in [-0.2, 0) is 27.5 Å². The molecule has 0 aliphatic rings. The molecule has 0 fully saturated rings. The number of rotatable bonds is 19. The van der Waals surface area contributed by atoms with E-state index < -0.39 is 29.7 Å². The maximum atomic E-state index is 14.8. The van der Waals surface area contributed by atoms with Gasteiger partial charge >= 0.3 is 0 Å². The van der Waals surface area contributed by atoms with Gasteiger partial charge in [0, 0.05) is 19.7 Å². The number of benzene rings is 4. The minimum atomic E-state index is -3.94. The van der Waals surface area contributed by atoms with Crippen LogP contribution in [0.5, 0.6) is 11.5 Å². The molecule has 4 aromatic rings. The van der Waals surface area contributed by atoms with Crippen molar-refractivity contribution in [2.45, 2.75) is 76.4 Å². The molecule has 4 rings (SSSR count). The Kier molecular flexibility index (Phi) is 14.3. The second-order valence-corrected chi connectivity index (χ2v) is 20.7. The van der Waals surface area contributed by atoms with Gasteiger partial charge in [0.25, 0.3) is 8.32 Å². The first-order chi connectivity index (χ1) is 24.3. The summed E-state index contributed by atoms with van der Waals surface area (Å²) in [4.78, 5) is 0. The minimum absolute atomic E-state index is 0.0726. The SMILES string of the molecule is C=CC[C@H](C)[C@H](C[C@@H](O)CCO[Si](c1ccccc1)(c1ccccc1)C(C)(C)C)S(=O)(=O)N(Cc1ccc(OC)cc1)Cc1ccc(OC)cc1. The topological polar surface area (TPSA) is 85.3 Å². The van der Waals surface area contributed by atoms with Crippen LogP contribution in [0.1, 0.15) is 58.1 Å². The first kappa shape index (κ1) is 40.0. The average molecular weight is 730 g/mol. The quantitative estimate of drug-likeness (QED) is 0.0804. The smallest absolute Gasteiger partial charge is 0.261 e. The van der Waals surface area contributed by atoms with Crippen LogP contribution < -0.4 is 19.8 Å². The van der Waals surface area contributed by atoms with Crippen molar-refractivity contribution in [3.63, 3.8) is 0 Å². The normalized spacial score (nSPS) is 14.1. The number of nitrogens with zero attached hydrogens (tertiary/aromatic N) is 1. The number of hydrogen-bond donors (Lipinski definition) is 1. The van der Waals surface area contributed by atoms with E-state index in [1.165, 1.54) is 4.31 Å². The Bertz CT molecular complexity index is 1650. The van der Waals surface area contributed by atoms with E-state index >= 15 is 0 Å². The number of methoxy groups -OCH3 is 2. The van der Waals surface area contributed by atoms with E-state index in [0.29, 0.717) is 30.9 Å². The maximum absolute atomic E-state index is 14.8.